The molecule has 0 spiro atoms. The van der Waals surface area contributed by atoms with Crippen molar-refractivity contribution in [2.75, 3.05) is 0 Å². The summed E-state index contributed by atoms with van der Waals surface area (Å²) in [4.78, 5) is 0. The second-order valence-electron chi connectivity index (χ2n) is 2.73. The number of rotatable bonds is 1. The van der Waals surface area contributed by atoms with Crippen molar-refractivity contribution in [3.05, 3.63) is 33.1 Å². The molecule has 0 N–H and O–H groups in total. The maximum atomic E-state index is 12.6. The summed E-state index contributed by atoms with van der Waals surface area (Å²) < 4.78 is 25.8. The van der Waals surface area contributed by atoms with Crippen molar-refractivity contribution in [2.24, 2.45) is 0 Å². The monoisotopic (exact) mass is 252 g/mol. The van der Waals surface area contributed by atoms with Crippen LogP contribution in [0.15, 0.2) is 17.5 Å². The lowest BCUT2D eigenvalue weighted by atomic mass is 10.1. The van der Waals surface area contributed by atoms with Crippen molar-refractivity contribution in [3.63, 3.8) is 0 Å². The van der Waals surface area contributed by atoms with Gasteiger partial charge in [-0.2, -0.15) is 0 Å². The van der Waals surface area contributed by atoms with Crippen LogP contribution in [0.3, 0.4) is 0 Å². The van der Waals surface area contributed by atoms with E-state index in [4.69, 9.17) is 23.2 Å². The van der Waals surface area contributed by atoms with E-state index < -0.39 is 6.43 Å². The van der Waals surface area contributed by atoms with Crippen molar-refractivity contribution in [1.82, 2.24) is 0 Å². The summed E-state index contributed by atoms with van der Waals surface area (Å²) in [5.41, 5.74) is -0.0596. The molecule has 1 heterocycles. The van der Waals surface area contributed by atoms with Crippen LogP contribution >= 0.6 is 34.5 Å². The Morgan fingerprint density at radius 2 is 2.00 bits per heavy atom. The van der Waals surface area contributed by atoms with Gasteiger partial charge < -0.3 is 0 Å². The Morgan fingerprint density at radius 3 is 2.64 bits per heavy atom. The first kappa shape index (κ1) is 10.1. The van der Waals surface area contributed by atoms with E-state index in [1.807, 2.05) is 0 Å². The topological polar surface area (TPSA) is 0 Å². The molecule has 5 heteroatoms. The van der Waals surface area contributed by atoms with Crippen molar-refractivity contribution in [1.29, 1.82) is 0 Å². The Morgan fingerprint density at radius 1 is 1.29 bits per heavy atom. The van der Waals surface area contributed by atoms with Gasteiger partial charge in [-0.25, -0.2) is 8.78 Å². The molecule has 0 aliphatic heterocycles. The highest BCUT2D eigenvalue weighted by molar-refractivity contribution is 7.18. The number of hydrogen-bond acceptors (Lipinski definition) is 1. The van der Waals surface area contributed by atoms with Crippen LogP contribution in [-0.2, 0) is 0 Å². The fraction of sp³-hybridized carbons (Fsp3) is 0.111. The largest absolute Gasteiger partial charge is 0.264 e. The van der Waals surface area contributed by atoms with Gasteiger partial charge in [0.2, 0.25) is 0 Å². The highest BCUT2D eigenvalue weighted by Gasteiger charge is 2.16. The highest BCUT2D eigenvalue weighted by Crippen LogP contribution is 2.39. The minimum atomic E-state index is -2.53. The van der Waals surface area contributed by atoms with Gasteiger partial charge >= 0.3 is 0 Å². The average Bonchev–Trinajstić information content (AvgIpc) is 2.59. The standard InChI is InChI=1S/C9H4Cl2F2S/c10-6-3-5(9(12)13)4-1-2-14-8(4)7(6)11/h1-3,9H. The van der Waals surface area contributed by atoms with Gasteiger partial charge in [-0.1, -0.05) is 23.2 Å². The molecule has 0 nitrogen and oxygen atoms in total. The molecule has 2 aromatic rings. The smallest absolute Gasteiger partial charge is 0.205 e. The number of benzene rings is 1. The Hall–Kier alpha value is -0.380. The van der Waals surface area contributed by atoms with Crippen LogP contribution < -0.4 is 0 Å². The Balaban J connectivity index is 2.84. The summed E-state index contributed by atoms with van der Waals surface area (Å²) in [7, 11) is 0. The zero-order valence-electron chi connectivity index (χ0n) is 6.73. The summed E-state index contributed by atoms with van der Waals surface area (Å²) >= 11 is 12.9. The quantitative estimate of drug-likeness (QED) is 0.659. The van der Waals surface area contributed by atoms with E-state index in [2.05, 4.69) is 0 Å². The van der Waals surface area contributed by atoms with Crippen LogP contribution in [0.2, 0.25) is 10.0 Å². The fourth-order valence-corrected chi connectivity index (χ4v) is 2.70. The lowest BCUT2D eigenvalue weighted by molar-refractivity contribution is 0.153. The summed E-state index contributed by atoms with van der Waals surface area (Å²) in [5.74, 6) is 0. The van der Waals surface area contributed by atoms with E-state index in [-0.39, 0.29) is 10.6 Å². The van der Waals surface area contributed by atoms with Gasteiger partial charge in [0, 0.05) is 10.9 Å². The molecule has 0 aliphatic carbocycles. The number of alkyl halides is 2. The molecule has 1 aromatic carbocycles. The molecule has 0 radical (unpaired) electrons. The Kier molecular flexibility index (Phi) is 2.64. The number of thiophene rings is 1. The van der Waals surface area contributed by atoms with Gasteiger partial charge in [0.1, 0.15) is 0 Å². The molecule has 0 amide bonds. The van der Waals surface area contributed by atoms with Crippen LogP contribution in [0.4, 0.5) is 8.78 Å². The van der Waals surface area contributed by atoms with Crippen LogP contribution in [-0.4, -0.2) is 0 Å². The van der Waals surface area contributed by atoms with Gasteiger partial charge in [-0.05, 0) is 17.5 Å². The lowest BCUT2D eigenvalue weighted by Crippen LogP contribution is -1.85. The molecule has 0 bridgehead atoms. The van der Waals surface area contributed by atoms with Crippen LogP contribution in [0.25, 0.3) is 10.1 Å². The maximum Gasteiger partial charge on any atom is 0.264 e. The minimum absolute atomic E-state index is 0.0596. The van der Waals surface area contributed by atoms with Crippen molar-refractivity contribution >= 4 is 44.6 Å². The molecule has 0 saturated carbocycles. The van der Waals surface area contributed by atoms with E-state index in [1.54, 1.807) is 11.4 Å². The zero-order chi connectivity index (χ0) is 10.3. The molecule has 74 valence electrons. The summed E-state index contributed by atoms with van der Waals surface area (Å²) in [6.07, 6.45) is -2.53. The molecule has 0 fully saturated rings. The predicted octanol–water partition coefficient (Wildman–Crippen LogP) is 5.15. The maximum absolute atomic E-state index is 12.6. The molecule has 1 aromatic heterocycles. The van der Waals surface area contributed by atoms with Crippen LogP contribution in [0.5, 0.6) is 0 Å². The van der Waals surface area contributed by atoms with Crippen LogP contribution in [0.1, 0.15) is 12.0 Å². The minimum Gasteiger partial charge on any atom is -0.205 e. The fourth-order valence-electron chi connectivity index (χ4n) is 1.27. The van der Waals surface area contributed by atoms with Gasteiger partial charge in [0.25, 0.3) is 6.43 Å². The van der Waals surface area contributed by atoms with E-state index in [9.17, 15) is 8.78 Å². The third kappa shape index (κ3) is 1.49. The third-order valence-corrected chi connectivity index (χ3v) is 3.73. The van der Waals surface area contributed by atoms with Gasteiger partial charge in [0.15, 0.2) is 0 Å². The normalized spacial score (nSPS) is 11.5. The summed E-state index contributed by atoms with van der Waals surface area (Å²) in [6.45, 7) is 0. The first-order valence-corrected chi connectivity index (χ1v) is 5.38. The average molecular weight is 253 g/mol. The Labute approximate surface area is 93.1 Å². The summed E-state index contributed by atoms with van der Waals surface area (Å²) in [5, 5.41) is 2.73. The third-order valence-electron chi connectivity index (χ3n) is 1.90. The molecule has 14 heavy (non-hydrogen) atoms. The molecule has 0 atom stereocenters. The van der Waals surface area contributed by atoms with Gasteiger partial charge in [0.05, 0.1) is 14.7 Å². The van der Waals surface area contributed by atoms with E-state index in [0.29, 0.717) is 15.1 Å². The Bertz CT molecular complexity index is 479. The SMILES string of the molecule is FC(F)c1cc(Cl)c(Cl)c2sccc12. The molecule has 2 rings (SSSR count). The number of halogens is 4. The predicted molar refractivity (Wildman–Crippen MR) is 56.8 cm³/mol. The second-order valence-corrected chi connectivity index (χ2v) is 4.43. The van der Waals surface area contributed by atoms with Gasteiger partial charge in [-0.15, -0.1) is 11.3 Å². The number of hydrogen-bond donors (Lipinski definition) is 0. The molecule has 0 saturated heterocycles. The molecule has 0 unspecified atom stereocenters. The van der Waals surface area contributed by atoms with Crippen molar-refractivity contribution in [3.8, 4) is 0 Å². The summed E-state index contributed by atoms with van der Waals surface area (Å²) in [6, 6.07) is 2.85. The molecular formula is C9H4Cl2F2S. The first-order chi connectivity index (χ1) is 6.61. The van der Waals surface area contributed by atoms with Crippen molar-refractivity contribution in [2.45, 2.75) is 6.43 Å². The van der Waals surface area contributed by atoms with Crippen LogP contribution in [0, 0.1) is 0 Å². The molecular weight excluding hydrogens is 249 g/mol. The van der Waals surface area contributed by atoms with E-state index in [0.717, 1.165) is 0 Å². The van der Waals surface area contributed by atoms with E-state index in [1.165, 1.54) is 17.4 Å². The number of fused-ring (bicyclic) bond motifs is 1. The van der Waals surface area contributed by atoms with Crippen molar-refractivity contribution < 1.29 is 8.78 Å². The molecule has 0 aliphatic rings. The van der Waals surface area contributed by atoms with Gasteiger partial charge in [-0.3, -0.25) is 0 Å². The zero-order valence-corrected chi connectivity index (χ0v) is 9.06. The highest BCUT2D eigenvalue weighted by atomic mass is 35.5. The van der Waals surface area contributed by atoms with E-state index >= 15 is 0 Å². The second kappa shape index (κ2) is 3.65. The first-order valence-electron chi connectivity index (χ1n) is 3.74. The lowest BCUT2D eigenvalue weighted by Gasteiger charge is -2.04.